The zero-order valence-electron chi connectivity index (χ0n) is 15.2. The van der Waals surface area contributed by atoms with E-state index in [1.54, 1.807) is 19.4 Å². The van der Waals surface area contributed by atoms with Crippen LogP contribution in [0.1, 0.15) is 5.56 Å². The van der Waals surface area contributed by atoms with Crippen molar-refractivity contribution in [2.75, 3.05) is 38.2 Å². The number of anilines is 1. The molecule has 1 fully saturated rings. The lowest BCUT2D eigenvalue weighted by Crippen LogP contribution is -2.49. The Morgan fingerprint density at radius 2 is 1.85 bits per heavy atom. The van der Waals surface area contributed by atoms with Crippen molar-refractivity contribution in [3.05, 3.63) is 59.3 Å². The number of hydrogen-bond acceptors (Lipinski definition) is 4. The van der Waals surface area contributed by atoms with E-state index in [9.17, 15) is 4.79 Å². The monoisotopic (exact) mass is 384 g/mol. The van der Waals surface area contributed by atoms with E-state index in [4.69, 9.17) is 20.8 Å². The van der Waals surface area contributed by atoms with Gasteiger partial charge in [-0.25, -0.2) is 0 Å². The fourth-order valence-electron chi connectivity index (χ4n) is 3.47. The lowest BCUT2D eigenvalue weighted by molar-refractivity contribution is -0.130. The summed E-state index contributed by atoms with van der Waals surface area (Å²) in [5.41, 5.74) is 2.79. The van der Waals surface area contributed by atoms with Gasteiger partial charge < -0.3 is 19.0 Å². The van der Waals surface area contributed by atoms with Gasteiger partial charge >= 0.3 is 0 Å². The van der Waals surface area contributed by atoms with Gasteiger partial charge in [0.1, 0.15) is 11.3 Å². The van der Waals surface area contributed by atoms with Crippen LogP contribution in [0.2, 0.25) is 5.02 Å². The normalized spacial score (nSPS) is 14.6. The van der Waals surface area contributed by atoms with Gasteiger partial charge in [-0.05, 0) is 42.5 Å². The molecule has 0 aliphatic carbocycles. The van der Waals surface area contributed by atoms with Crippen molar-refractivity contribution in [2.24, 2.45) is 0 Å². The molecule has 1 aromatic heterocycles. The Morgan fingerprint density at radius 3 is 2.56 bits per heavy atom. The molecule has 1 aliphatic heterocycles. The minimum atomic E-state index is 0.118. The third-order valence-electron chi connectivity index (χ3n) is 5.03. The van der Waals surface area contributed by atoms with Crippen LogP contribution in [-0.2, 0) is 11.2 Å². The fourth-order valence-corrected chi connectivity index (χ4v) is 3.64. The number of nitrogens with zero attached hydrogens (tertiary/aromatic N) is 2. The number of furan rings is 1. The zero-order chi connectivity index (χ0) is 18.8. The van der Waals surface area contributed by atoms with Crippen LogP contribution in [0.4, 0.5) is 5.69 Å². The van der Waals surface area contributed by atoms with E-state index in [0.29, 0.717) is 24.5 Å². The maximum atomic E-state index is 12.7. The van der Waals surface area contributed by atoms with Crippen molar-refractivity contribution in [2.45, 2.75) is 6.42 Å². The highest BCUT2D eigenvalue weighted by Crippen LogP contribution is 2.26. The van der Waals surface area contributed by atoms with Gasteiger partial charge in [0, 0.05) is 47.8 Å². The molecule has 1 aliphatic rings. The summed E-state index contributed by atoms with van der Waals surface area (Å²) in [6.07, 6.45) is 1.99. The highest BCUT2D eigenvalue weighted by molar-refractivity contribution is 6.31. The van der Waals surface area contributed by atoms with Gasteiger partial charge in [-0.15, -0.1) is 0 Å². The molecule has 3 aromatic rings. The van der Waals surface area contributed by atoms with E-state index in [-0.39, 0.29) is 5.91 Å². The Morgan fingerprint density at radius 1 is 1.11 bits per heavy atom. The number of amides is 1. The van der Waals surface area contributed by atoms with Crippen molar-refractivity contribution in [3.63, 3.8) is 0 Å². The van der Waals surface area contributed by atoms with Crippen LogP contribution in [-0.4, -0.2) is 44.1 Å². The molecule has 0 N–H and O–H groups in total. The Hall–Kier alpha value is -2.66. The first-order valence-electron chi connectivity index (χ1n) is 8.96. The molecule has 0 atom stereocenters. The third-order valence-corrected chi connectivity index (χ3v) is 5.26. The molecule has 0 unspecified atom stereocenters. The average molecular weight is 385 g/mol. The number of benzene rings is 2. The summed E-state index contributed by atoms with van der Waals surface area (Å²) in [4.78, 5) is 16.9. The van der Waals surface area contributed by atoms with Gasteiger partial charge in [0.2, 0.25) is 5.91 Å². The van der Waals surface area contributed by atoms with Gasteiger partial charge in [0.15, 0.2) is 0 Å². The predicted molar refractivity (Wildman–Crippen MR) is 107 cm³/mol. The number of rotatable bonds is 4. The number of carbonyl (C=O) groups excluding carboxylic acids is 1. The van der Waals surface area contributed by atoms with Crippen LogP contribution in [0.3, 0.4) is 0 Å². The Labute approximate surface area is 163 Å². The number of ether oxygens (including phenoxy) is 1. The quantitative estimate of drug-likeness (QED) is 0.682. The summed E-state index contributed by atoms with van der Waals surface area (Å²) in [6, 6.07) is 13.5. The third kappa shape index (κ3) is 3.74. The number of fused-ring (bicyclic) bond motifs is 1. The number of carbonyl (C=O) groups is 1. The number of piperazine rings is 1. The zero-order valence-corrected chi connectivity index (χ0v) is 15.9. The molecule has 2 aromatic carbocycles. The van der Waals surface area contributed by atoms with Crippen LogP contribution in [0.25, 0.3) is 11.0 Å². The highest BCUT2D eigenvalue weighted by atomic mass is 35.5. The van der Waals surface area contributed by atoms with Gasteiger partial charge in [0.25, 0.3) is 0 Å². The molecule has 0 saturated carbocycles. The first-order valence-corrected chi connectivity index (χ1v) is 9.34. The molecular weight excluding hydrogens is 364 g/mol. The standard InChI is InChI=1S/C21H21ClN2O3/c1-26-18-5-3-17(4-6-18)23-8-10-24(11-9-23)21(25)12-15-14-27-20-7-2-16(22)13-19(15)20/h2-7,13-14H,8-12H2,1H3. The smallest absolute Gasteiger partial charge is 0.227 e. The summed E-state index contributed by atoms with van der Waals surface area (Å²) in [5, 5.41) is 1.55. The molecule has 1 saturated heterocycles. The Kier molecular flexibility index (Phi) is 4.94. The largest absolute Gasteiger partial charge is 0.497 e. The fraction of sp³-hybridized carbons (Fsp3) is 0.286. The summed E-state index contributed by atoms with van der Waals surface area (Å²) in [7, 11) is 1.66. The van der Waals surface area contributed by atoms with E-state index < -0.39 is 0 Å². The van der Waals surface area contributed by atoms with Crippen molar-refractivity contribution in [1.29, 1.82) is 0 Å². The van der Waals surface area contributed by atoms with Gasteiger partial charge in [-0.2, -0.15) is 0 Å². The van der Waals surface area contributed by atoms with Crippen molar-refractivity contribution in [1.82, 2.24) is 4.90 Å². The molecule has 4 rings (SSSR count). The summed E-state index contributed by atoms with van der Waals surface area (Å²) in [5.74, 6) is 0.965. The topological polar surface area (TPSA) is 45.9 Å². The molecule has 2 heterocycles. The summed E-state index contributed by atoms with van der Waals surface area (Å²) < 4.78 is 10.7. The maximum Gasteiger partial charge on any atom is 0.227 e. The van der Waals surface area contributed by atoms with Crippen LogP contribution >= 0.6 is 11.6 Å². The van der Waals surface area contributed by atoms with Gasteiger partial charge in [-0.3, -0.25) is 4.79 Å². The second-order valence-electron chi connectivity index (χ2n) is 6.64. The van der Waals surface area contributed by atoms with Crippen molar-refractivity contribution >= 4 is 34.2 Å². The first-order chi connectivity index (χ1) is 13.1. The van der Waals surface area contributed by atoms with E-state index in [2.05, 4.69) is 17.0 Å². The lowest BCUT2D eigenvalue weighted by Gasteiger charge is -2.36. The van der Waals surface area contributed by atoms with Crippen LogP contribution < -0.4 is 9.64 Å². The molecule has 1 amide bonds. The molecule has 0 radical (unpaired) electrons. The second-order valence-corrected chi connectivity index (χ2v) is 7.08. The second kappa shape index (κ2) is 7.53. The number of halogens is 1. The molecule has 5 nitrogen and oxygen atoms in total. The molecular formula is C21H21ClN2O3. The maximum absolute atomic E-state index is 12.7. The summed E-state index contributed by atoms with van der Waals surface area (Å²) >= 11 is 6.08. The van der Waals surface area contributed by atoms with E-state index in [1.165, 1.54) is 0 Å². The van der Waals surface area contributed by atoms with Crippen molar-refractivity contribution in [3.8, 4) is 5.75 Å². The molecule has 140 valence electrons. The molecule has 6 heteroatoms. The van der Waals surface area contributed by atoms with Crippen LogP contribution in [0.5, 0.6) is 5.75 Å². The number of methoxy groups -OCH3 is 1. The molecule has 27 heavy (non-hydrogen) atoms. The number of hydrogen-bond donors (Lipinski definition) is 0. The Bertz CT molecular complexity index is 944. The predicted octanol–water partition coefficient (Wildman–Crippen LogP) is 3.99. The van der Waals surface area contributed by atoms with Crippen LogP contribution in [0, 0.1) is 0 Å². The molecule has 0 spiro atoms. The minimum Gasteiger partial charge on any atom is -0.497 e. The SMILES string of the molecule is COc1ccc(N2CCN(C(=O)Cc3coc4ccc(Cl)cc34)CC2)cc1. The van der Waals surface area contributed by atoms with Gasteiger partial charge in [-0.1, -0.05) is 11.6 Å². The molecule has 0 bridgehead atoms. The average Bonchev–Trinajstić information content (AvgIpc) is 3.10. The van der Waals surface area contributed by atoms with E-state index in [1.807, 2.05) is 29.2 Å². The van der Waals surface area contributed by atoms with Crippen LogP contribution in [0.15, 0.2) is 53.1 Å². The lowest BCUT2D eigenvalue weighted by atomic mass is 10.1. The Balaban J connectivity index is 1.38. The first kappa shape index (κ1) is 17.7. The van der Waals surface area contributed by atoms with E-state index >= 15 is 0 Å². The van der Waals surface area contributed by atoms with Gasteiger partial charge in [0.05, 0.1) is 19.8 Å². The highest BCUT2D eigenvalue weighted by Gasteiger charge is 2.22. The van der Waals surface area contributed by atoms with Crippen molar-refractivity contribution < 1.29 is 13.9 Å². The minimum absolute atomic E-state index is 0.118. The van der Waals surface area contributed by atoms with E-state index in [0.717, 1.165) is 41.1 Å². The summed E-state index contributed by atoms with van der Waals surface area (Å²) in [6.45, 7) is 3.05.